The van der Waals surface area contributed by atoms with E-state index in [-0.39, 0.29) is 45.6 Å². The number of primary sulfonamides is 1. The second kappa shape index (κ2) is 16.0. The largest absolute Gasteiger partial charge is 0.478 e. The lowest BCUT2D eigenvalue weighted by molar-refractivity contribution is -0.117. The van der Waals surface area contributed by atoms with Crippen LogP contribution >= 0.6 is 11.6 Å². The number of rotatable bonds is 10. The minimum Gasteiger partial charge on any atom is -0.478 e. The molecule has 0 saturated carbocycles. The first-order valence-corrected chi connectivity index (χ1v) is 15.3. The number of unbranched alkanes of at least 4 members (excludes halogenated alkanes) is 1. The molecule has 0 unspecified atom stereocenters. The maximum absolute atomic E-state index is 12.3. The number of carboxylic acids is 1. The summed E-state index contributed by atoms with van der Waals surface area (Å²) in [5, 5.41) is 16.8. The summed E-state index contributed by atoms with van der Waals surface area (Å²) in [6, 6.07) is 5.51. The van der Waals surface area contributed by atoms with E-state index < -0.39 is 20.9 Å². The van der Waals surface area contributed by atoms with Crippen LogP contribution in [0.3, 0.4) is 0 Å². The third-order valence-electron chi connectivity index (χ3n) is 6.00. The highest BCUT2D eigenvalue weighted by Gasteiger charge is 2.20. The van der Waals surface area contributed by atoms with Crippen LogP contribution in [0.2, 0.25) is 5.02 Å². The van der Waals surface area contributed by atoms with Crippen LogP contribution < -0.4 is 21.7 Å². The highest BCUT2D eigenvalue weighted by Crippen LogP contribution is 2.28. The summed E-state index contributed by atoms with van der Waals surface area (Å²) in [7, 11) is -0.782. The second-order valence-corrected chi connectivity index (χ2v) is 11.9. The van der Waals surface area contributed by atoms with Crippen molar-refractivity contribution >= 4 is 56.0 Å². The van der Waals surface area contributed by atoms with Gasteiger partial charge in [-0.25, -0.2) is 28.1 Å². The van der Waals surface area contributed by atoms with Gasteiger partial charge in [-0.1, -0.05) is 11.6 Å². The SMILES string of the molecule is CC(=O)CCCCn1c(=O)c2c(ncn2C)n(C)c1=O.CC(C)=O.NS(=O)(=O)c1cc(C(=O)O)c(NCc2ccco2)cc1Cl. The van der Waals surface area contributed by atoms with Gasteiger partial charge in [0.1, 0.15) is 22.2 Å². The van der Waals surface area contributed by atoms with E-state index in [9.17, 15) is 32.4 Å². The molecular weight excluding hydrogens is 632 g/mol. The van der Waals surface area contributed by atoms with Gasteiger partial charge >= 0.3 is 11.7 Å². The Balaban J connectivity index is 0.000000281. The van der Waals surface area contributed by atoms with Crippen molar-refractivity contribution < 1.29 is 32.3 Å². The van der Waals surface area contributed by atoms with Crippen LogP contribution in [0.4, 0.5) is 5.69 Å². The number of hydrogen-bond acceptors (Lipinski definition) is 10. The lowest BCUT2D eigenvalue weighted by atomic mass is 10.1. The van der Waals surface area contributed by atoms with Crippen LogP contribution in [-0.2, 0) is 46.8 Å². The standard InChI is InChI=1S/C13H18N4O3.C12H11ClN2O5S.C3H6O/c1-9(18)6-4-5-7-17-12(19)10-11(14-8-15(10)2)16(3)13(17)20;13-9-5-10(15-6-7-2-1-3-20-7)8(12(16)17)4-11(9)21(14,18)19;1-3(2)4/h8H,4-7H2,1-3H3;1-5,15H,6H2,(H,16,17)(H2,14,18,19);1-2H3. The summed E-state index contributed by atoms with van der Waals surface area (Å²) in [6.07, 6.45) is 4.77. The zero-order valence-electron chi connectivity index (χ0n) is 25.4. The van der Waals surface area contributed by atoms with Gasteiger partial charge in [-0.15, -0.1) is 0 Å². The fraction of sp³-hybridized carbons (Fsp3) is 0.357. The molecule has 0 aliphatic heterocycles. The van der Waals surface area contributed by atoms with E-state index in [1.165, 1.54) is 48.6 Å². The molecule has 1 aromatic carbocycles. The molecule has 0 aliphatic rings. The highest BCUT2D eigenvalue weighted by atomic mass is 35.5. The van der Waals surface area contributed by atoms with Gasteiger partial charge in [0, 0.05) is 27.1 Å². The van der Waals surface area contributed by atoms with E-state index in [4.69, 9.17) is 26.3 Å². The molecule has 0 spiro atoms. The topological polar surface area (TPSA) is 219 Å². The summed E-state index contributed by atoms with van der Waals surface area (Å²) >= 11 is 5.84. The van der Waals surface area contributed by atoms with E-state index in [2.05, 4.69) is 10.3 Å². The molecule has 3 heterocycles. The van der Waals surface area contributed by atoms with E-state index in [1.54, 1.807) is 30.8 Å². The molecule has 0 radical (unpaired) electrons. The van der Waals surface area contributed by atoms with Gasteiger partial charge in [0.15, 0.2) is 11.2 Å². The fourth-order valence-electron chi connectivity index (χ4n) is 3.93. The van der Waals surface area contributed by atoms with Gasteiger partial charge in [0.2, 0.25) is 10.0 Å². The van der Waals surface area contributed by atoms with E-state index >= 15 is 0 Å². The zero-order valence-corrected chi connectivity index (χ0v) is 26.9. The smallest absolute Gasteiger partial charge is 0.337 e. The van der Waals surface area contributed by atoms with Crippen LogP contribution in [0.1, 0.15) is 56.2 Å². The zero-order chi connectivity index (χ0) is 34.1. The number of furan rings is 1. The Labute approximate surface area is 263 Å². The number of sulfonamides is 1. The normalized spacial score (nSPS) is 10.8. The number of halogens is 1. The molecule has 3 aromatic heterocycles. The Hall–Kier alpha value is -4.54. The number of carbonyl (C=O) groups is 3. The average molecular weight is 667 g/mol. The number of ketones is 2. The van der Waals surface area contributed by atoms with Gasteiger partial charge in [-0.2, -0.15) is 0 Å². The van der Waals surface area contributed by atoms with Gasteiger partial charge in [0.05, 0.1) is 35.4 Å². The number of hydrogen-bond donors (Lipinski definition) is 3. The molecule has 4 rings (SSSR count). The molecule has 0 saturated heterocycles. The third kappa shape index (κ3) is 10.3. The van der Waals surface area contributed by atoms with Gasteiger partial charge in [-0.3, -0.25) is 13.9 Å². The Morgan fingerprint density at radius 3 is 2.29 bits per heavy atom. The summed E-state index contributed by atoms with van der Waals surface area (Å²) in [5.41, 5.74) is 0.0161. The van der Waals surface area contributed by atoms with Crippen molar-refractivity contribution in [2.45, 2.75) is 58.0 Å². The second-order valence-electron chi connectivity index (χ2n) is 10.0. The lowest BCUT2D eigenvalue weighted by Gasteiger charge is -2.11. The maximum Gasteiger partial charge on any atom is 0.337 e. The third-order valence-corrected chi connectivity index (χ3v) is 7.38. The van der Waals surface area contributed by atoms with E-state index in [0.717, 1.165) is 6.07 Å². The predicted molar refractivity (Wildman–Crippen MR) is 167 cm³/mol. The van der Waals surface area contributed by atoms with Crippen molar-refractivity contribution in [3.05, 3.63) is 74.0 Å². The Morgan fingerprint density at radius 1 is 1.11 bits per heavy atom. The summed E-state index contributed by atoms with van der Waals surface area (Å²) < 4.78 is 32.0. The van der Waals surface area contributed by atoms with Crippen molar-refractivity contribution in [1.82, 2.24) is 18.7 Å². The maximum atomic E-state index is 12.3. The molecule has 244 valence electrons. The number of aromatic nitrogens is 4. The molecule has 4 aromatic rings. The van der Waals surface area contributed by atoms with Gasteiger partial charge in [0.25, 0.3) is 5.56 Å². The van der Waals surface area contributed by atoms with Crippen LogP contribution in [0, 0.1) is 0 Å². The molecule has 0 fully saturated rings. The minimum atomic E-state index is -4.11. The predicted octanol–water partition coefficient (Wildman–Crippen LogP) is 2.68. The highest BCUT2D eigenvalue weighted by molar-refractivity contribution is 7.89. The number of anilines is 1. The Kier molecular flexibility index (Phi) is 13.0. The molecule has 4 N–H and O–H groups in total. The Bertz CT molecular complexity index is 1900. The quantitative estimate of drug-likeness (QED) is 0.209. The number of carboxylic acid groups (broad SMARTS) is 1. The first-order valence-electron chi connectivity index (χ1n) is 13.4. The number of nitrogens with two attached hydrogens (primary N) is 1. The van der Waals surface area contributed by atoms with Crippen molar-refractivity contribution in [1.29, 1.82) is 0 Å². The summed E-state index contributed by atoms with van der Waals surface area (Å²) in [6.45, 7) is 5.13. The van der Waals surface area contributed by atoms with Crippen molar-refractivity contribution in [3.8, 4) is 0 Å². The fourth-order valence-corrected chi connectivity index (χ4v) is 5.03. The first kappa shape index (κ1) is 36.7. The number of aryl methyl sites for hydroxylation is 2. The molecule has 0 aliphatic carbocycles. The summed E-state index contributed by atoms with van der Waals surface area (Å²) in [4.78, 5) is 59.7. The minimum absolute atomic E-state index is 0.118. The number of carbonyl (C=O) groups excluding carboxylic acids is 2. The van der Waals surface area contributed by atoms with Gasteiger partial charge in [-0.05, 0) is 57.9 Å². The van der Waals surface area contributed by atoms with Crippen LogP contribution in [-0.4, -0.2) is 49.7 Å². The number of aromatic carboxylic acids is 1. The molecule has 0 bridgehead atoms. The lowest BCUT2D eigenvalue weighted by Crippen LogP contribution is -2.39. The number of imidazole rings is 1. The van der Waals surface area contributed by atoms with Crippen molar-refractivity contribution in [2.24, 2.45) is 19.2 Å². The molecule has 17 heteroatoms. The molecule has 15 nitrogen and oxygen atoms in total. The average Bonchev–Trinajstić information content (AvgIpc) is 3.59. The molecule has 45 heavy (non-hydrogen) atoms. The number of nitrogens with zero attached hydrogens (tertiary/aromatic N) is 4. The molecular formula is C28H35ClN6O9S. The molecule has 0 atom stereocenters. The van der Waals surface area contributed by atoms with Crippen LogP contribution in [0.5, 0.6) is 0 Å². The number of nitrogens with one attached hydrogen (secondary N) is 1. The first-order chi connectivity index (χ1) is 20.9. The van der Waals surface area contributed by atoms with Crippen LogP contribution in [0.15, 0.2) is 55.8 Å². The number of Topliss-reactive ketones (excluding diaryl/α,β-unsaturated/α-hetero) is 2. The van der Waals surface area contributed by atoms with E-state index in [0.29, 0.717) is 42.7 Å². The van der Waals surface area contributed by atoms with E-state index in [1.807, 2.05) is 0 Å². The van der Waals surface area contributed by atoms with Crippen molar-refractivity contribution in [2.75, 3.05) is 5.32 Å². The Morgan fingerprint density at radius 2 is 1.76 bits per heavy atom. The van der Waals surface area contributed by atoms with Crippen molar-refractivity contribution in [3.63, 3.8) is 0 Å². The number of benzene rings is 1. The van der Waals surface area contributed by atoms with Gasteiger partial charge < -0.3 is 29.0 Å². The molecule has 0 amide bonds. The number of fused-ring (bicyclic) bond motifs is 1. The summed E-state index contributed by atoms with van der Waals surface area (Å²) in [5.74, 6) is -0.441. The monoisotopic (exact) mass is 666 g/mol. The van der Waals surface area contributed by atoms with Crippen LogP contribution in [0.25, 0.3) is 11.2 Å².